The predicted molar refractivity (Wildman–Crippen MR) is 71.6 cm³/mol. The van der Waals surface area contributed by atoms with E-state index in [0.717, 1.165) is 0 Å². The van der Waals surface area contributed by atoms with Crippen molar-refractivity contribution in [2.75, 3.05) is 19.6 Å². The van der Waals surface area contributed by atoms with Crippen LogP contribution in [0.1, 0.15) is 26.2 Å². The topological polar surface area (TPSA) is 107 Å². The fourth-order valence-electron chi connectivity index (χ4n) is 2.86. The van der Waals surface area contributed by atoms with Gasteiger partial charge in [0.25, 0.3) is 0 Å². The molecule has 21 heavy (non-hydrogen) atoms. The minimum Gasteiger partial charge on any atom is -0.465 e. The smallest absolute Gasteiger partial charge is 0.407 e. The third-order valence-corrected chi connectivity index (χ3v) is 3.95. The molecule has 0 aromatic heterocycles. The molecule has 0 aliphatic carbocycles. The molecule has 2 aliphatic heterocycles. The van der Waals surface area contributed by atoms with Crippen molar-refractivity contribution in [3.05, 3.63) is 0 Å². The Labute approximate surface area is 122 Å². The van der Waals surface area contributed by atoms with Crippen molar-refractivity contribution < 1.29 is 24.3 Å². The largest absolute Gasteiger partial charge is 0.465 e. The quantitative estimate of drug-likeness (QED) is 0.707. The molecular weight excluding hydrogens is 278 g/mol. The SMILES string of the molecule is CC(=O)CCC(=O)NCC(=O)N1C[C@@H]2CC1CN2C(=O)O. The summed E-state index contributed by atoms with van der Waals surface area (Å²) in [5.74, 6) is -0.596. The standard InChI is InChI=1S/C13H19N3O5/c1-8(17)2-3-11(18)14-5-12(19)15-6-10-4-9(15)7-16(10)13(20)21/h9-10H,2-7H2,1H3,(H,14,18)(H,20,21)/t9?,10-/m0/s1. The Morgan fingerprint density at radius 3 is 2.24 bits per heavy atom. The number of fused-ring (bicyclic) bond motifs is 2. The Hall–Kier alpha value is -2.12. The van der Waals surface area contributed by atoms with E-state index in [0.29, 0.717) is 19.5 Å². The zero-order valence-corrected chi connectivity index (χ0v) is 11.9. The van der Waals surface area contributed by atoms with Gasteiger partial charge in [-0.25, -0.2) is 4.79 Å². The lowest BCUT2D eigenvalue weighted by molar-refractivity contribution is -0.134. The summed E-state index contributed by atoms with van der Waals surface area (Å²) in [6, 6.07) is -0.224. The number of Topliss-reactive ketones (excluding diaryl/α,β-unsaturated/α-hetero) is 1. The molecule has 2 heterocycles. The van der Waals surface area contributed by atoms with Crippen molar-refractivity contribution in [2.45, 2.75) is 38.3 Å². The van der Waals surface area contributed by atoms with Gasteiger partial charge in [-0.05, 0) is 13.3 Å². The Balaban J connectivity index is 1.75. The average molecular weight is 297 g/mol. The minimum atomic E-state index is -0.952. The van der Waals surface area contributed by atoms with E-state index in [-0.39, 0.29) is 49.1 Å². The summed E-state index contributed by atoms with van der Waals surface area (Å²) in [6.07, 6.45) is -0.0353. The highest BCUT2D eigenvalue weighted by Crippen LogP contribution is 2.30. The van der Waals surface area contributed by atoms with Crippen molar-refractivity contribution in [1.82, 2.24) is 15.1 Å². The van der Waals surface area contributed by atoms with Crippen LogP contribution in [0.5, 0.6) is 0 Å². The number of amides is 3. The lowest BCUT2D eigenvalue weighted by Gasteiger charge is -2.32. The third kappa shape index (κ3) is 3.50. The van der Waals surface area contributed by atoms with Gasteiger partial charge in [-0.2, -0.15) is 0 Å². The van der Waals surface area contributed by atoms with Crippen molar-refractivity contribution in [2.24, 2.45) is 0 Å². The molecule has 0 spiro atoms. The number of carboxylic acid groups (broad SMARTS) is 1. The van der Waals surface area contributed by atoms with Crippen LogP contribution in [0.3, 0.4) is 0 Å². The molecule has 0 aromatic carbocycles. The van der Waals surface area contributed by atoms with Crippen molar-refractivity contribution in [1.29, 1.82) is 0 Å². The fourth-order valence-corrected chi connectivity index (χ4v) is 2.86. The Morgan fingerprint density at radius 2 is 1.71 bits per heavy atom. The van der Waals surface area contributed by atoms with Crippen LogP contribution < -0.4 is 5.32 Å². The van der Waals surface area contributed by atoms with Gasteiger partial charge in [0.1, 0.15) is 5.78 Å². The van der Waals surface area contributed by atoms with Gasteiger partial charge in [-0.3, -0.25) is 9.59 Å². The average Bonchev–Trinajstić information content (AvgIpc) is 3.02. The molecule has 2 aliphatic rings. The first-order chi connectivity index (χ1) is 9.88. The van der Waals surface area contributed by atoms with Gasteiger partial charge >= 0.3 is 6.09 Å². The predicted octanol–water partition coefficient (Wildman–Crippen LogP) is -0.565. The molecule has 1 unspecified atom stereocenters. The normalized spacial score (nSPS) is 23.3. The number of hydrogen-bond acceptors (Lipinski definition) is 4. The number of carbonyl (C=O) groups is 4. The number of piperazine rings is 1. The first kappa shape index (κ1) is 15.3. The molecule has 8 heteroatoms. The Bertz CT molecular complexity index is 478. The van der Waals surface area contributed by atoms with Gasteiger partial charge in [0.05, 0.1) is 18.6 Å². The first-order valence-corrected chi connectivity index (χ1v) is 6.93. The number of carbonyl (C=O) groups excluding carboxylic acids is 3. The van der Waals surface area contributed by atoms with Gasteiger partial charge in [0.15, 0.2) is 0 Å². The molecule has 8 nitrogen and oxygen atoms in total. The summed E-state index contributed by atoms with van der Waals surface area (Å²) >= 11 is 0. The van der Waals surface area contributed by atoms with Crippen LogP contribution in [0.25, 0.3) is 0 Å². The molecule has 2 bridgehead atoms. The van der Waals surface area contributed by atoms with Gasteiger partial charge in [0.2, 0.25) is 11.8 Å². The minimum absolute atomic E-state index is 0.0675. The van der Waals surface area contributed by atoms with Crippen molar-refractivity contribution in [3.8, 4) is 0 Å². The number of likely N-dealkylation sites (tertiary alicyclic amines) is 2. The summed E-state index contributed by atoms with van der Waals surface area (Å²) in [5.41, 5.74) is 0. The maximum Gasteiger partial charge on any atom is 0.407 e. The second-order valence-electron chi connectivity index (χ2n) is 5.50. The van der Waals surface area contributed by atoms with E-state index in [1.807, 2.05) is 0 Å². The summed E-state index contributed by atoms with van der Waals surface area (Å²) in [5, 5.41) is 11.5. The molecule has 116 valence electrons. The molecular formula is C13H19N3O5. The zero-order chi connectivity index (χ0) is 15.6. The second kappa shape index (κ2) is 6.11. The number of hydrogen-bond donors (Lipinski definition) is 2. The van der Waals surface area contributed by atoms with E-state index >= 15 is 0 Å². The Morgan fingerprint density at radius 1 is 1.10 bits per heavy atom. The van der Waals surface area contributed by atoms with Crippen LogP contribution in [0, 0.1) is 0 Å². The first-order valence-electron chi connectivity index (χ1n) is 6.93. The number of nitrogens with zero attached hydrogens (tertiary/aromatic N) is 2. The Kier molecular flexibility index (Phi) is 4.44. The molecule has 2 fully saturated rings. The second-order valence-corrected chi connectivity index (χ2v) is 5.50. The maximum absolute atomic E-state index is 12.0. The molecule has 2 atom stereocenters. The molecule has 2 saturated heterocycles. The number of ketones is 1. The van der Waals surface area contributed by atoms with Crippen LogP contribution in [0.15, 0.2) is 0 Å². The van der Waals surface area contributed by atoms with Crippen molar-refractivity contribution in [3.63, 3.8) is 0 Å². The molecule has 0 radical (unpaired) electrons. The van der Waals surface area contributed by atoms with Crippen LogP contribution in [0.2, 0.25) is 0 Å². The highest BCUT2D eigenvalue weighted by Gasteiger charge is 2.46. The van der Waals surface area contributed by atoms with Crippen LogP contribution in [-0.2, 0) is 14.4 Å². The molecule has 0 saturated carbocycles. The highest BCUT2D eigenvalue weighted by atomic mass is 16.4. The van der Waals surface area contributed by atoms with Gasteiger partial charge in [-0.15, -0.1) is 0 Å². The number of nitrogens with one attached hydrogen (secondary N) is 1. The molecule has 2 N–H and O–H groups in total. The van der Waals surface area contributed by atoms with E-state index in [1.54, 1.807) is 4.90 Å². The van der Waals surface area contributed by atoms with Crippen LogP contribution >= 0.6 is 0 Å². The molecule has 0 aromatic rings. The summed E-state index contributed by atoms with van der Waals surface area (Å²) < 4.78 is 0. The summed E-state index contributed by atoms with van der Waals surface area (Å²) in [6.45, 7) is 2.03. The summed E-state index contributed by atoms with van der Waals surface area (Å²) in [7, 11) is 0. The van der Waals surface area contributed by atoms with Crippen molar-refractivity contribution >= 4 is 23.7 Å². The lowest BCUT2D eigenvalue weighted by atomic mass is 10.2. The summed E-state index contributed by atoms with van der Waals surface area (Å²) in [4.78, 5) is 48.2. The third-order valence-electron chi connectivity index (χ3n) is 3.95. The van der Waals surface area contributed by atoms with Gasteiger partial charge in [0, 0.05) is 25.9 Å². The van der Waals surface area contributed by atoms with E-state index in [1.165, 1.54) is 11.8 Å². The van der Waals surface area contributed by atoms with E-state index in [4.69, 9.17) is 5.11 Å². The van der Waals surface area contributed by atoms with Gasteiger partial charge in [-0.1, -0.05) is 0 Å². The molecule has 3 amide bonds. The monoisotopic (exact) mass is 297 g/mol. The maximum atomic E-state index is 12.0. The zero-order valence-electron chi connectivity index (χ0n) is 11.9. The van der Waals surface area contributed by atoms with Crippen LogP contribution in [0.4, 0.5) is 4.79 Å². The van der Waals surface area contributed by atoms with Gasteiger partial charge < -0.3 is 25.0 Å². The van der Waals surface area contributed by atoms with Crippen LogP contribution in [-0.4, -0.2) is 70.3 Å². The lowest BCUT2D eigenvalue weighted by Crippen LogP contribution is -2.52. The van der Waals surface area contributed by atoms with E-state index in [2.05, 4.69) is 5.32 Å². The van der Waals surface area contributed by atoms with E-state index < -0.39 is 6.09 Å². The molecule has 2 rings (SSSR count). The highest BCUT2D eigenvalue weighted by molar-refractivity contribution is 5.87. The van der Waals surface area contributed by atoms with E-state index in [9.17, 15) is 19.2 Å². The fraction of sp³-hybridized carbons (Fsp3) is 0.692. The number of rotatable bonds is 5.